The number of benzene rings is 2. The molecule has 7 nitrogen and oxygen atoms in total. The highest BCUT2D eigenvalue weighted by atomic mass is 32.2. The van der Waals surface area contributed by atoms with Crippen LogP contribution in [0.25, 0.3) is 10.2 Å². The number of methoxy groups -OCH3 is 2. The predicted molar refractivity (Wildman–Crippen MR) is 114 cm³/mol. The number of ether oxygens (including phenoxy) is 2. The number of nitrogens with zero attached hydrogens (tertiary/aromatic N) is 1. The third-order valence-electron chi connectivity index (χ3n) is 3.68. The van der Waals surface area contributed by atoms with Crippen LogP contribution in [-0.2, 0) is 9.59 Å². The van der Waals surface area contributed by atoms with Crippen molar-refractivity contribution in [3.05, 3.63) is 42.5 Å². The summed E-state index contributed by atoms with van der Waals surface area (Å²) in [5, 5.41) is 6.07. The van der Waals surface area contributed by atoms with E-state index < -0.39 is 0 Å². The summed E-state index contributed by atoms with van der Waals surface area (Å²) in [6.07, 6.45) is 0. The van der Waals surface area contributed by atoms with Crippen molar-refractivity contribution in [3.8, 4) is 11.5 Å². The number of hydrogen-bond acceptors (Lipinski definition) is 7. The van der Waals surface area contributed by atoms with Crippen LogP contribution in [-0.4, -0.2) is 42.5 Å². The Morgan fingerprint density at radius 3 is 2.29 bits per heavy atom. The second kappa shape index (κ2) is 9.43. The Kier molecular flexibility index (Phi) is 6.72. The van der Waals surface area contributed by atoms with Gasteiger partial charge in [-0.05, 0) is 42.5 Å². The van der Waals surface area contributed by atoms with Crippen molar-refractivity contribution in [1.29, 1.82) is 0 Å². The quantitative estimate of drug-likeness (QED) is 0.582. The van der Waals surface area contributed by atoms with Crippen LogP contribution in [0.4, 0.5) is 10.8 Å². The maximum atomic E-state index is 12.1. The lowest BCUT2D eigenvalue weighted by atomic mass is 10.3. The fourth-order valence-electron chi connectivity index (χ4n) is 2.35. The van der Waals surface area contributed by atoms with Crippen molar-refractivity contribution in [2.24, 2.45) is 0 Å². The summed E-state index contributed by atoms with van der Waals surface area (Å²) in [6.45, 7) is 0. The maximum Gasteiger partial charge on any atom is 0.236 e. The van der Waals surface area contributed by atoms with Gasteiger partial charge in [-0.2, -0.15) is 0 Å². The standard InChI is InChI=1S/C19H19N3O4S2/c1-25-13-5-3-12(4-6-13)20-17(23)10-27-11-18(24)22-19-21-15-8-7-14(26-2)9-16(15)28-19/h3-9H,10-11H2,1-2H3,(H,20,23)(H,21,22,24). The van der Waals surface area contributed by atoms with E-state index in [0.29, 0.717) is 10.8 Å². The number of aromatic nitrogens is 1. The van der Waals surface area contributed by atoms with E-state index in [1.807, 2.05) is 18.2 Å². The number of anilines is 2. The van der Waals surface area contributed by atoms with Crippen LogP contribution >= 0.6 is 23.1 Å². The molecule has 0 bridgehead atoms. The number of carbonyl (C=O) groups excluding carboxylic acids is 2. The average Bonchev–Trinajstić information content (AvgIpc) is 3.09. The summed E-state index contributed by atoms with van der Waals surface area (Å²) < 4.78 is 11.2. The van der Waals surface area contributed by atoms with E-state index in [0.717, 1.165) is 21.7 Å². The van der Waals surface area contributed by atoms with E-state index in [2.05, 4.69) is 15.6 Å². The van der Waals surface area contributed by atoms with E-state index in [1.54, 1.807) is 38.5 Å². The molecule has 2 N–H and O–H groups in total. The van der Waals surface area contributed by atoms with Gasteiger partial charge in [0.2, 0.25) is 11.8 Å². The van der Waals surface area contributed by atoms with Gasteiger partial charge in [-0.1, -0.05) is 11.3 Å². The number of hydrogen-bond donors (Lipinski definition) is 2. The van der Waals surface area contributed by atoms with Gasteiger partial charge in [0.15, 0.2) is 5.13 Å². The van der Waals surface area contributed by atoms with Gasteiger partial charge in [0.1, 0.15) is 11.5 Å². The van der Waals surface area contributed by atoms with E-state index >= 15 is 0 Å². The van der Waals surface area contributed by atoms with Gasteiger partial charge >= 0.3 is 0 Å². The second-order valence-electron chi connectivity index (χ2n) is 5.67. The first-order valence-electron chi connectivity index (χ1n) is 8.33. The lowest BCUT2D eigenvalue weighted by Gasteiger charge is -2.06. The van der Waals surface area contributed by atoms with E-state index in [9.17, 15) is 9.59 Å². The Morgan fingerprint density at radius 1 is 0.964 bits per heavy atom. The number of thiazole rings is 1. The summed E-state index contributed by atoms with van der Waals surface area (Å²) >= 11 is 2.61. The molecular weight excluding hydrogens is 398 g/mol. The molecule has 1 aromatic heterocycles. The van der Waals surface area contributed by atoms with Gasteiger partial charge in [-0.15, -0.1) is 11.8 Å². The summed E-state index contributed by atoms with van der Waals surface area (Å²) in [5.41, 5.74) is 1.48. The molecule has 0 aliphatic heterocycles. The number of amides is 2. The average molecular weight is 418 g/mol. The first-order valence-corrected chi connectivity index (χ1v) is 10.3. The fourth-order valence-corrected chi connectivity index (χ4v) is 3.88. The number of fused-ring (bicyclic) bond motifs is 1. The highest BCUT2D eigenvalue weighted by molar-refractivity contribution is 8.00. The summed E-state index contributed by atoms with van der Waals surface area (Å²) in [7, 11) is 3.19. The van der Waals surface area contributed by atoms with Gasteiger partial charge in [-0.25, -0.2) is 4.98 Å². The topological polar surface area (TPSA) is 89.5 Å². The van der Waals surface area contributed by atoms with Crippen molar-refractivity contribution in [1.82, 2.24) is 4.98 Å². The Balaban J connectivity index is 1.44. The molecule has 0 atom stereocenters. The molecule has 146 valence electrons. The lowest BCUT2D eigenvalue weighted by molar-refractivity contribution is -0.114. The first kappa shape index (κ1) is 20.0. The number of thioether (sulfide) groups is 1. The van der Waals surface area contributed by atoms with Crippen molar-refractivity contribution >= 4 is 55.9 Å². The molecule has 0 spiro atoms. The van der Waals surface area contributed by atoms with Gasteiger partial charge in [0.05, 0.1) is 35.9 Å². The zero-order chi connectivity index (χ0) is 19.9. The number of rotatable bonds is 8. The molecule has 0 radical (unpaired) electrons. The minimum absolute atomic E-state index is 0.162. The van der Waals surface area contributed by atoms with Crippen LogP contribution in [0.15, 0.2) is 42.5 Å². The van der Waals surface area contributed by atoms with Crippen LogP contribution in [0, 0.1) is 0 Å². The Morgan fingerprint density at radius 2 is 1.61 bits per heavy atom. The van der Waals surface area contributed by atoms with E-state index in [4.69, 9.17) is 9.47 Å². The minimum Gasteiger partial charge on any atom is -0.497 e. The molecule has 2 amide bonds. The van der Waals surface area contributed by atoms with Crippen LogP contribution in [0.5, 0.6) is 11.5 Å². The molecule has 3 rings (SSSR count). The lowest BCUT2D eigenvalue weighted by Crippen LogP contribution is -2.18. The molecule has 0 fully saturated rings. The zero-order valence-corrected chi connectivity index (χ0v) is 17.0. The third kappa shape index (κ3) is 5.37. The molecule has 0 saturated heterocycles. The van der Waals surface area contributed by atoms with Gasteiger partial charge in [0.25, 0.3) is 0 Å². The number of nitrogens with one attached hydrogen (secondary N) is 2. The molecule has 28 heavy (non-hydrogen) atoms. The van der Waals surface area contributed by atoms with Gasteiger partial charge in [-0.3, -0.25) is 9.59 Å². The van der Waals surface area contributed by atoms with Crippen LogP contribution in [0.3, 0.4) is 0 Å². The molecule has 0 saturated carbocycles. The van der Waals surface area contributed by atoms with Crippen molar-refractivity contribution in [2.75, 3.05) is 36.4 Å². The molecule has 2 aromatic carbocycles. The van der Waals surface area contributed by atoms with E-state index in [1.165, 1.54) is 23.1 Å². The second-order valence-corrected chi connectivity index (χ2v) is 7.69. The minimum atomic E-state index is -0.201. The van der Waals surface area contributed by atoms with Crippen molar-refractivity contribution < 1.29 is 19.1 Å². The highest BCUT2D eigenvalue weighted by Gasteiger charge is 2.10. The SMILES string of the molecule is COc1ccc(NC(=O)CSCC(=O)Nc2nc3ccc(OC)cc3s2)cc1. The molecule has 0 aliphatic carbocycles. The number of carbonyl (C=O) groups is 2. The summed E-state index contributed by atoms with van der Waals surface area (Å²) in [6, 6.07) is 12.6. The predicted octanol–water partition coefficient (Wildman–Crippen LogP) is 3.62. The smallest absolute Gasteiger partial charge is 0.236 e. The molecule has 0 unspecified atom stereocenters. The normalized spacial score (nSPS) is 10.5. The van der Waals surface area contributed by atoms with Crippen molar-refractivity contribution in [3.63, 3.8) is 0 Å². The molecule has 9 heteroatoms. The Bertz CT molecular complexity index is 973. The summed E-state index contributed by atoms with van der Waals surface area (Å²) in [5.74, 6) is 1.43. The monoisotopic (exact) mass is 417 g/mol. The molecular formula is C19H19N3O4S2. The van der Waals surface area contributed by atoms with Gasteiger partial charge in [0, 0.05) is 5.69 Å². The van der Waals surface area contributed by atoms with Crippen molar-refractivity contribution in [2.45, 2.75) is 0 Å². The van der Waals surface area contributed by atoms with Gasteiger partial charge < -0.3 is 20.1 Å². The zero-order valence-electron chi connectivity index (χ0n) is 15.4. The van der Waals surface area contributed by atoms with Crippen LogP contribution in [0.2, 0.25) is 0 Å². The van der Waals surface area contributed by atoms with Crippen LogP contribution < -0.4 is 20.1 Å². The molecule has 3 aromatic rings. The third-order valence-corrected chi connectivity index (χ3v) is 5.55. The molecule has 0 aliphatic rings. The fraction of sp³-hybridized carbons (Fsp3) is 0.211. The Hall–Kier alpha value is -2.78. The maximum absolute atomic E-state index is 12.1. The van der Waals surface area contributed by atoms with Crippen LogP contribution in [0.1, 0.15) is 0 Å². The summed E-state index contributed by atoms with van der Waals surface area (Å²) in [4.78, 5) is 28.4. The first-order chi connectivity index (χ1) is 13.6. The Labute approximate surface area is 170 Å². The largest absolute Gasteiger partial charge is 0.497 e. The highest BCUT2D eigenvalue weighted by Crippen LogP contribution is 2.29. The molecule has 1 heterocycles. The van der Waals surface area contributed by atoms with E-state index in [-0.39, 0.29) is 23.3 Å².